The van der Waals surface area contributed by atoms with Crippen molar-refractivity contribution in [1.29, 1.82) is 0 Å². The summed E-state index contributed by atoms with van der Waals surface area (Å²) >= 11 is 0. The van der Waals surface area contributed by atoms with E-state index in [4.69, 9.17) is 0 Å². The van der Waals surface area contributed by atoms with Crippen molar-refractivity contribution < 1.29 is 38.4 Å². The summed E-state index contributed by atoms with van der Waals surface area (Å²) in [5.41, 5.74) is 2.37. The summed E-state index contributed by atoms with van der Waals surface area (Å²) < 4.78 is 0. The molecule has 5 atom stereocenters. The molecule has 13 saturated heterocycles. The predicted molar refractivity (Wildman–Crippen MR) is 516 cm³/mol. The van der Waals surface area contributed by atoms with Crippen molar-refractivity contribution in [3.63, 3.8) is 0 Å². The van der Waals surface area contributed by atoms with Gasteiger partial charge >= 0.3 is 0 Å². The van der Waals surface area contributed by atoms with Crippen molar-refractivity contribution in [3.8, 4) is 0 Å². The number of carbonyl (C=O) groups excluding carboxylic acids is 8. The van der Waals surface area contributed by atoms with E-state index in [1.807, 2.05) is 48.4 Å². The molecule has 0 aromatic rings. The van der Waals surface area contributed by atoms with Crippen molar-refractivity contribution in [1.82, 2.24) is 69.0 Å². The van der Waals surface area contributed by atoms with Crippen LogP contribution in [0, 0.1) is 133 Å². The lowest BCUT2D eigenvalue weighted by Crippen LogP contribution is -2.56. The smallest absolute Gasteiger partial charge is 0.236 e. The monoisotopic (exact) mass is 1770 g/mol. The predicted octanol–water partition coefficient (Wildman–Crippen LogP) is 14.5. The highest BCUT2D eigenvalue weighted by molar-refractivity contribution is 5.83. The van der Waals surface area contributed by atoms with E-state index in [0.29, 0.717) is 140 Å². The minimum Gasteiger partial charge on any atom is -0.342 e. The zero-order valence-corrected chi connectivity index (χ0v) is 86.4. The van der Waals surface area contributed by atoms with Gasteiger partial charge in [-0.25, -0.2) is 0 Å². The van der Waals surface area contributed by atoms with Crippen LogP contribution in [-0.4, -0.2) is 329 Å². The Bertz CT molecular complexity index is 3280. The summed E-state index contributed by atoms with van der Waals surface area (Å²) in [5.74, 6) is 12.6. The lowest BCUT2D eigenvalue weighted by molar-refractivity contribution is -0.145. The summed E-state index contributed by atoms with van der Waals surface area (Å²) in [5, 5.41) is 3.25. The summed E-state index contributed by atoms with van der Waals surface area (Å²) in [6.45, 7) is 85.1. The molecule has 15 aliphatic rings. The van der Waals surface area contributed by atoms with Gasteiger partial charge in [-0.3, -0.25) is 38.4 Å². The Balaban J connectivity index is 0.000000179. The second-order valence-corrected chi connectivity index (χ2v) is 50.8. The van der Waals surface area contributed by atoms with E-state index in [0.717, 1.165) is 245 Å². The van der Waals surface area contributed by atoms with Crippen LogP contribution in [0.3, 0.4) is 0 Å². The Labute approximate surface area is 770 Å². The van der Waals surface area contributed by atoms with Crippen LogP contribution in [0.15, 0.2) is 0 Å². The van der Waals surface area contributed by atoms with E-state index in [1.54, 1.807) is 0 Å². The second kappa shape index (κ2) is 46.0. The highest BCUT2D eigenvalue weighted by Gasteiger charge is 2.48. The number of hydrogen-bond acceptors (Lipinski definition) is 14. The largest absolute Gasteiger partial charge is 0.342 e. The van der Waals surface area contributed by atoms with Crippen molar-refractivity contribution in [2.75, 3.05) is 218 Å². The Morgan fingerprint density at radius 3 is 0.857 bits per heavy atom. The third-order valence-corrected chi connectivity index (χ3v) is 31.4. The van der Waals surface area contributed by atoms with Gasteiger partial charge in [0.1, 0.15) is 0 Å². The molecule has 0 aromatic heterocycles. The minimum atomic E-state index is 0.255. The summed E-state index contributed by atoms with van der Waals surface area (Å²) in [6, 6.07) is 0. The van der Waals surface area contributed by atoms with Gasteiger partial charge in [0.25, 0.3) is 0 Å². The number of likely N-dealkylation sites (tertiary alicyclic amines) is 12. The maximum Gasteiger partial charge on any atom is 0.236 e. The normalized spacial score (nSPS) is 25.3. The Hall–Kier alpha value is -4.48. The van der Waals surface area contributed by atoms with Gasteiger partial charge in [-0.05, 0) is 247 Å². The molecule has 13 aliphatic heterocycles. The number of rotatable bonds is 18. The lowest BCUT2D eigenvalue weighted by Gasteiger charge is -2.47. The summed E-state index contributed by atoms with van der Waals surface area (Å²) in [7, 11) is 8.05. The molecule has 126 heavy (non-hydrogen) atoms. The molecule has 0 bridgehead atoms. The summed E-state index contributed by atoms with van der Waals surface area (Å²) in [6.07, 6.45) is 16.8. The second-order valence-electron chi connectivity index (χ2n) is 50.8. The third kappa shape index (κ3) is 33.6. The van der Waals surface area contributed by atoms with Crippen LogP contribution >= 0.6 is 0 Å². The van der Waals surface area contributed by atoms with Gasteiger partial charge < -0.3 is 69.0 Å². The molecule has 22 nitrogen and oxygen atoms in total. The van der Waals surface area contributed by atoms with Gasteiger partial charge in [0.2, 0.25) is 47.3 Å². The first-order valence-electron chi connectivity index (χ1n) is 50.9. The van der Waals surface area contributed by atoms with E-state index in [9.17, 15) is 38.4 Å². The molecular formula is C104H192N14O8. The van der Waals surface area contributed by atoms with Crippen LogP contribution < -0.4 is 5.32 Å². The SMILES string of the molecule is CC(C)(C)C1CN(C(=O)[C@@H]2CCN(CC3CC3)C2)C1.CC(C)(C)C1CN(C(=O)[C@H]2CCN(CC3CC3)C2)C1.CC(C)(C)C1CN(C(=O)[C@H]2CCNC2)C1.CC(C)(C)CCC(=O)N1CC(C(C)(C)C)C1.CC(C)CCC(=O)N1CC(C(C)(C)C)C1.CCC1CN(C(=O)[C@@H]2CCN(C)C2)C1.CCC1CN(C(=O)[C@H]2CCN(C)C2)C1.CN(C)CC(=O)N1CC(C(C)(C)C)C1. The molecule has 15 rings (SSSR count). The Morgan fingerprint density at radius 2 is 0.603 bits per heavy atom. The molecule has 0 radical (unpaired) electrons. The number of hydrogen-bond donors (Lipinski definition) is 1. The molecule has 8 amide bonds. The molecule has 2 saturated carbocycles. The topological polar surface area (TPSA) is 191 Å². The van der Waals surface area contributed by atoms with Crippen molar-refractivity contribution in [2.45, 2.75) is 269 Å². The third-order valence-electron chi connectivity index (χ3n) is 31.4. The van der Waals surface area contributed by atoms with Crippen molar-refractivity contribution >= 4 is 47.3 Å². The first-order valence-corrected chi connectivity index (χ1v) is 50.9. The molecule has 726 valence electrons. The molecule has 0 spiro atoms. The molecule has 2 aliphatic carbocycles. The molecule has 1 N–H and O–H groups in total. The average Bonchev–Trinajstić information content (AvgIpc) is 1.07. The average molecular weight is 1770 g/mol. The number of nitrogens with zero attached hydrogens (tertiary/aromatic N) is 13. The zero-order valence-electron chi connectivity index (χ0n) is 86.4. The Kier molecular flexibility index (Phi) is 39.0. The first kappa shape index (κ1) is 107. The van der Waals surface area contributed by atoms with Crippen LogP contribution in [0.2, 0.25) is 0 Å². The van der Waals surface area contributed by atoms with Gasteiger partial charge in [0.05, 0.1) is 36.1 Å². The highest BCUT2D eigenvalue weighted by Crippen LogP contribution is 2.42. The standard InChI is InChI=1S/2C16H28N2O.C14H27NO.C13H25NO.C12H22N2O.2C11H20N2O.C11H22N2O/c2*1-16(2,3)14-10-18(11-14)15(19)13-6-7-17(9-13)8-12-4-5-12;1-13(2,3)8-7-12(16)15-9-11(10-15)14(4,5)6;1-10(2)6-7-12(15)14-8-11(9-14)13(3,4)5;1-12(2,3)10-7-14(8-10)11(15)9-4-5-13-6-9;2*1-3-9-6-13(7-9)11(14)10-4-5-12(2)8-10;1-11(2,3)9-6-13(7-9)10(14)8-12(4)5/h2*12-14H,4-11H2,1-3H3;11H,7-10H2,1-6H3;10-11H,6-9H2,1-5H3;9-10,13H,4-8H2,1-3H3;2*9-10H,3-8H2,1-2H3;9H,6-8H2,1-5H3/t2*13-;;;9-;2*10-;/m10..010./s1. The number of nitrogens with one attached hydrogen (secondary N) is 1. The van der Waals surface area contributed by atoms with Crippen LogP contribution in [0.25, 0.3) is 0 Å². The van der Waals surface area contributed by atoms with Gasteiger partial charge in [0, 0.05) is 163 Å². The van der Waals surface area contributed by atoms with Gasteiger partial charge in [0.15, 0.2) is 0 Å². The van der Waals surface area contributed by atoms with Crippen LogP contribution in [-0.2, 0) is 38.4 Å². The fourth-order valence-corrected chi connectivity index (χ4v) is 19.1. The van der Waals surface area contributed by atoms with E-state index in [2.05, 4.69) is 222 Å². The van der Waals surface area contributed by atoms with E-state index < -0.39 is 0 Å². The van der Waals surface area contributed by atoms with Crippen LogP contribution in [0.5, 0.6) is 0 Å². The van der Waals surface area contributed by atoms with E-state index in [-0.39, 0.29) is 29.1 Å². The fraction of sp³-hybridized carbons (Fsp3) is 0.923. The zero-order chi connectivity index (χ0) is 93.7. The lowest BCUT2D eigenvalue weighted by atomic mass is 9.75. The minimum absolute atomic E-state index is 0.255. The van der Waals surface area contributed by atoms with E-state index >= 15 is 0 Å². The maximum absolute atomic E-state index is 12.4. The van der Waals surface area contributed by atoms with Gasteiger partial charge in [-0.15, -0.1) is 0 Å². The Morgan fingerprint density at radius 1 is 0.325 bits per heavy atom. The van der Waals surface area contributed by atoms with E-state index in [1.165, 1.54) is 51.6 Å². The summed E-state index contributed by atoms with van der Waals surface area (Å²) in [4.78, 5) is 124. The van der Waals surface area contributed by atoms with Gasteiger partial charge in [-0.2, -0.15) is 0 Å². The maximum atomic E-state index is 12.4. The van der Waals surface area contributed by atoms with Crippen molar-refractivity contribution in [2.24, 2.45) is 133 Å². The number of amides is 8. The fourth-order valence-electron chi connectivity index (χ4n) is 19.1. The molecule has 13 heterocycles. The van der Waals surface area contributed by atoms with Crippen LogP contribution in [0.4, 0.5) is 0 Å². The quantitative estimate of drug-likeness (QED) is 0.136. The first-order chi connectivity index (χ1) is 58.5. The van der Waals surface area contributed by atoms with Crippen molar-refractivity contribution in [3.05, 3.63) is 0 Å². The van der Waals surface area contributed by atoms with Crippen LogP contribution in [0.1, 0.15) is 269 Å². The molecule has 0 aromatic carbocycles. The molecule has 0 unspecified atom stereocenters. The highest BCUT2D eigenvalue weighted by atomic mass is 16.2. The molecular weight excluding hydrogens is 1570 g/mol. The molecule has 22 heteroatoms. The number of carbonyl (C=O) groups is 8. The molecule has 15 fully saturated rings. The van der Waals surface area contributed by atoms with Gasteiger partial charge in [-0.1, -0.05) is 173 Å². The number of likely N-dealkylation sites (N-methyl/N-ethyl adjacent to an activating group) is 1.